The number of rotatable bonds is 6. The Morgan fingerprint density at radius 3 is 2.80 bits per heavy atom. The number of aromatic nitrogens is 1. The Bertz CT molecular complexity index is 593. The average molecular weight is 288 g/mol. The molecule has 2 aromatic rings. The van der Waals surface area contributed by atoms with Crippen molar-refractivity contribution in [3.63, 3.8) is 0 Å². The van der Waals surface area contributed by atoms with E-state index in [2.05, 4.69) is 16.4 Å². The molecular weight excluding hydrogens is 274 g/mol. The number of pyridine rings is 1. The van der Waals surface area contributed by atoms with Crippen molar-refractivity contribution < 1.29 is 4.74 Å². The third-order valence-electron chi connectivity index (χ3n) is 2.65. The lowest BCUT2D eigenvalue weighted by atomic mass is 10.2. The highest BCUT2D eigenvalue weighted by molar-refractivity contribution is 6.30. The van der Waals surface area contributed by atoms with Crippen molar-refractivity contribution in [1.29, 1.82) is 5.26 Å². The van der Waals surface area contributed by atoms with E-state index in [1.54, 1.807) is 18.3 Å². The van der Waals surface area contributed by atoms with E-state index in [4.69, 9.17) is 21.6 Å². The molecule has 0 saturated carbocycles. The van der Waals surface area contributed by atoms with Crippen LogP contribution in [0.2, 0.25) is 5.02 Å². The van der Waals surface area contributed by atoms with Crippen LogP contribution in [0.1, 0.15) is 11.1 Å². The predicted molar refractivity (Wildman–Crippen MR) is 78.5 cm³/mol. The maximum absolute atomic E-state index is 8.92. The van der Waals surface area contributed by atoms with Crippen molar-refractivity contribution in [3.8, 4) is 6.07 Å². The second kappa shape index (κ2) is 7.49. The van der Waals surface area contributed by atoms with Gasteiger partial charge in [-0.15, -0.1) is 0 Å². The molecule has 5 heteroatoms. The van der Waals surface area contributed by atoms with Crippen molar-refractivity contribution in [1.82, 2.24) is 4.98 Å². The zero-order valence-corrected chi connectivity index (χ0v) is 11.6. The van der Waals surface area contributed by atoms with Crippen LogP contribution in [0.4, 0.5) is 5.82 Å². The summed E-state index contributed by atoms with van der Waals surface area (Å²) in [6.07, 6.45) is 1.65. The molecule has 0 aliphatic heterocycles. The summed E-state index contributed by atoms with van der Waals surface area (Å²) in [5.41, 5.74) is 1.61. The lowest BCUT2D eigenvalue weighted by Crippen LogP contribution is -2.11. The maximum atomic E-state index is 8.92. The zero-order valence-electron chi connectivity index (χ0n) is 10.8. The number of ether oxygens (including phenoxy) is 1. The molecule has 1 heterocycles. The summed E-state index contributed by atoms with van der Waals surface area (Å²) in [6.45, 7) is 1.66. The fraction of sp³-hybridized carbons (Fsp3) is 0.200. The van der Waals surface area contributed by atoms with Gasteiger partial charge < -0.3 is 10.1 Å². The molecule has 20 heavy (non-hydrogen) atoms. The number of nitrogens with one attached hydrogen (secondary N) is 1. The quantitative estimate of drug-likeness (QED) is 0.829. The first kappa shape index (κ1) is 14.3. The largest absolute Gasteiger partial charge is 0.375 e. The van der Waals surface area contributed by atoms with E-state index in [-0.39, 0.29) is 0 Å². The normalized spacial score (nSPS) is 10.0. The molecule has 0 radical (unpaired) electrons. The van der Waals surface area contributed by atoms with Gasteiger partial charge in [-0.1, -0.05) is 23.7 Å². The van der Waals surface area contributed by atoms with E-state index in [0.717, 1.165) is 10.6 Å². The van der Waals surface area contributed by atoms with Crippen molar-refractivity contribution >= 4 is 17.4 Å². The van der Waals surface area contributed by atoms with Gasteiger partial charge in [-0.2, -0.15) is 5.26 Å². The van der Waals surface area contributed by atoms with Gasteiger partial charge in [0, 0.05) is 17.8 Å². The number of hydrogen-bond donors (Lipinski definition) is 1. The zero-order chi connectivity index (χ0) is 14.2. The second-order valence-corrected chi connectivity index (χ2v) is 4.55. The van der Waals surface area contributed by atoms with Crippen molar-refractivity contribution in [2.45, 2.75) is 6.61 Å². The van der Waals surface area contributed by atoms with E-state index in [9.17, 15) is 0 Å². The molecule has 0 amide bonds. The van der Waals surface area contributed by atoms with Crippen LogP contribution in [-0.2, 0) is 11.3 Å². The molecule has 1 aromatic carbocycles. The number of nitrogens with zero attached hydrogens (tertiary/aromatic N) is 2. The Kier molecular flexibility index (Phi) is 5.36. The van der Waals surface area contributed by atoms with E-state index in [1.165, 1.54) is 0 Å². The van der Waals surface area contributed by atoms with Gasteiger partial charge in [0.25, 0.3) is 0 Å². The Morgan fingerprint density at radius 1 is 1.25 bits per heavy atom. The van der Waals surface area contributed by atoms with Crippen molar-refractivity contribution in [3.05, 3.63) is 58.7 Å². The number of halogens is 1. The molecule has 0 aliphatic carbocycles. The molecule has 1 aromatic heterocycles. The summed E-state index contributed by atoms with van der Waals surface area (Å²) in [5.74, 6) is 0.588. The van der Waals surface area contributed by atoms with E-state index < -0.39 is 0 Å². The minimum atomic E-state index is 0.532. The van der Waals surface area contributed by atoms with Gasteiger partial charge in [0.2, 0.25) is 0 Å². The molecule has 0 fully saturated rings. The molecule has 4 nitrogen and oxygen atoms in total. The summed E-state index contributed by atoms with van der Waals surface area (Å²) in [5, 5.41) is 12.7. The number of benzene rings is 1. The maximum Gasteiger partial charge on any atom is 0.143 e. The minimum Gasteiger partial charge on any atom is -0.375 e. The van der Waals surface area contributed by atoms with E-state index in [0.29, 0.717) is 31.1 Å². The monoisotopic (exact) mass is 287 g/mol. The first-order valence-corrected chi connectivity index (χ1v) is 6.58. The number of hydrogen-bond acceptors (Lipinski definition) is 4. The molecule has 0 aliphatic rings. The van der Waals surface area contributed by atoms with Crippen LogP contribution in [0.5, 0.6) is 0 Å². The summed E-state index contributed by atoms with van der Waals surface area (Å²) in [7, 11) is 0. The summed E-state index contributed by atoms with van der Waals surface area (Å²) >= 11 is 5.81. The van der Waals surface area contributed by atoms with E-state index >= 15 is 0 Å². The van der Waals surface area contributed by atoms with Crippen LogP contribution in [0.3, 0.4) is 0 Å². The highest BCUT2D eigenvalue weighted by Gasteiger charge is 2.00. The molecule has 0 bridgehead atoms. The summed E-state index contributed by atoms with van der Waals surface area (Å²) in [4.78, 5) is 4.11. The van der Waals surface area contributed by atoms with Gasteiger partial charge in [-0.25, -0.2) is 4.98 Å². The summed E-state index contributed by atoms with van der Waals surface area (Å²) < 4.78 is 5.54. The van der Waals surface area contributed by atoms with Gasteiger partial charge >= 0.3 is 0 Å². The van der Waals surface area contributed by atoms with Gasteiger partial charge in [0.1, 0.15) is 11.9 Å². The molecule has 0 unspecified atom stereocenters. The fourth-order valence-electron chi connectivity index (χ4n) is 1.65. The predicted octanol–water partition coefficient (Wildman–Crippen LogP) is 3.24. The van der Waals surface area contributed by atoms with Gasteiger partial charge in [-0.3, -0.25) is 0 Å². The van der Waals surface area contributed by atoms with Crippen molar-refractivity contribution in [2.75, 3.05) is 18.5 Å². The highest BCUT2D eigenvalue weighted by Crippen LogP contribution is 2.11. The third-order valence-corrected chi connectivity index (χ3v) is 2.90. The van der Waals surface area contributed by atoms with Crippen molar-refractivity contribution in [2.24, 2.45) is 0 Å². The van der Waals surface area contributed by atoms with Crippen LogP contribution in [0.25, 0.3) is 0 Å². The minimum absolute atomic E-state index is 0.532. The Labute approximate surface area is 123 Å². The number of anilines is 1. The topological polar surface area (TPSA) is 57.9 Å². The molecule has 1 N–H and O–H groups in total. The van der Waals surface area contributed by atoms with E-state index in [1.807, 2.05) is 24.3 Å². The molecule has 0 atom stereocenters. The Balaban J connectivity index is 1.72. The van der Waals surface area contributed by atoms with Crippen LogP contribution in [-0.4, -0.2) is 18.1 Å². The summed E-state index contributed by atoms with van der Waals surface area (Å²) in [6, 6.07) is 13.1. The molecular formula is C15H14ClN3O. The first-order chi connectivity index (χ1) is 9.79. The van der Waals surface area contributed by atoms with Gasteiger partial charge in [0.15, 0.2) is 0 Å². The van der Waals surface area contributed by atoms with Gasteiger partial charge in [-0.05, 0) is 29.8 Å². The highest BCUT2D eigenvalue weighted by atomic mass is 35.5. The molecule has 0 saturated heterocycles. The lowest BCUT2D eigenvalue weighted by molar-refractivity contribution is 0.130. The van der Waals surface area contributed by atoms with Crippen LogP contribution in [0.15, 0.2) is 42.6 Å². The lowest BCUT2D eigenvalue weighted by Gasteiger charge is -2.08. The second-order valence-electron chi connectivity index (χ2n) is 4.12. The molecule has 102 valence electrons. The molecule has 2 rings (SSSR count). The Morgan fingerprint density at radius 2 is 2.05 bits per heavy atom. The standard InChI is InChI=1S/C15H14ClN3O/c16-14-5-3-12(4-6-14)11-20-9-8-19-15-13(10-17)2-1-7-18-15/h1-7H,8-9,11H2,(H,18,19). The third kappa shape index (κ3) is 4.23. The van der Waals surface area contributed by atoms with Crippen LogP contribution in [0, 0.1) is 11.3 Å². The van der Waals surface area contributed by atoms with Gasteiger partial charge in [0.05, 0.1) is 18.8 Å². The first-order valence-electron chi connectivity index (χ1n) is 6.21. The number of nitriles is 1. The molecule has 0 spiro atoms. The van der Waals surface area contributed by atoms with Crippen LogP contribution >= 0.6 is 11.6 Å². The van der Waals surface area contributed by atoms with Crippen LogP contribution < -0.4 is 5.32 Å². The fourth-order valence-corrected chi connectivity index (χ4v) is 1.77. The average Bonchev–Trinajstić information content (AvgIpc) is 2.49. The smallest absolute Gasteiger partial charge is 0.143 e. The SMILES string of the molecule is N#Cc1cccnc1NCCOCc1ccc(Cl)cc1. The Hall–Kier alpha value is -2.09.